The zero-order valence-electron chi connectivity index (χ0n) is 10.4. The SMILES string of the molecule is CC(C)(C)Nc1nc(C[SH](=O)=O)ncc1C(N)=O. The summed E-state index contributed by atoms with van der Waals surface area (Å²) in [5.74, 6) is -0.563. The van der Waals surface area contributed by atoms with E-state index < -0.39 is 16.6 Å². The van der Waals surface area contributed by atoms with E-state index in [1.54, 1.807) is 0 Å². The van der Waals surface area contributed by atoms with Crippen LogP contribution in [0.25, 0.3) is 0 Å². The van der Waals surface area contributed by atoms with Crippen molar-refractivity contribution >= 4 is 22.4 Å². The van der Waals surface area contributed by atoms with Crippen LogP contribution >= 0.6 is 0 Å². The van der Waals surface area contributed by atoms with Gasteiger partial charge in [0.05, 0.1) is 5.56 Å². The Bertz CT molecular complexity index is 526. The summed E-state index contributed by atoms with van der Waals surface area (Å²) in [7, 11) is -2.62. The van der Waals surface area contributed by atoms with Gasteiger partial charge in [-0.15, -0.1) is 0 Å². The van der Waals surface area contributed by atoms with E-state index in [1.807, 2.05) is 20.8 Å². The molecule has 3 N–H and O–H groups in total. The maximum absolute atomic E-state index is 11.2. The molecule has 0 aliphatic rings. The van der Waals surface area contributed by atoms with Gasteiger partial charge in [-0.25, -0.2) is 18.4 Å². The van der Waals surface area contributed by atoms with Crippen molar-refractivity contribution in [2.45, 2.75) is 32.1 Å². The van der Waals surface area contributed by atoms with Gasteiger partial charge in [0.1, 0.15) is 28.1 Å². The number of rotatable bonds is 4. The predicted octanol–water partition coefficient (Wildman–Crippen LogP) is -0.103. The van der Waals surface area contributed by atoms with Crippen molar-refractivity contribution in [2.75, 3.05) is 5.32 Å². The number of carbonyl (C=O) groups excluding carboxylic acids is 1. The number of nitrogens with one attached hydrogen (secondary N) is 1. The minimum Gasteiger partial charge on any atom is -0.365 e. The summed E-state index contributed by atoms with van der Waals surface area (Å²) in [5, 5.41) is 3.00. The number of hydrogen-bond donors (Lipinski definition) is 3. The lowest BCUT2D eigenvalue weighted by molar-refractivity contribution is 0.100. The highest BCUT2D eigenvalue weighted by Gasteiger charge is 2.17. The molecule has 0 aliphatic carbocycles. The molecule has 100 valence electrons. The van der Waals surface area contributed by atoms with Crippen LogP contribution in [0.2, 0.25) is 0 Å². The largest absolute Gasteiger partial charge is 0.365 e. The lowest BCUT2D eigenvalue weighted by Crippen LogP contribution is -2.29. The minimum atomic E-state index is -2.62. The number of anilines is 1. The van der Waals surface area contributed by atoms with Gasteiger partial charge >= 0.3 is 0 Å². The van der Waals surface area contributed by atoms with Gasteiger partial charge in [0, 0.05) is 11.7 Å². The first-order chi connectivity index (χ1) is 8.19. The van der Waals surface area contributed by atoms with Gasteiger partial charge in [0.25, 0.3) is 5.91 Å². The molecule has 0 saturated heterocycles. The summed E-state index contributed by atoms with van der Waals surface area (Å²) in [6, 6.07) is 0. The van der Waals surface area contributed by atoms with Crippen LogP contribution in [0.3, 0.4) is 0 Å². The summed E-state index contributed by atoms with van der Waals surface area (Å²) < 4.78 is 21.3. The summed E-state index contributed by atoms with van der Waals surface area (Å²) in [6.45, 7) is 5.65. The maximum Gasteiger partial charge on any atom is 0.254 e. The summed E-state index contributed by atoms with van der Waals surface area (Å²) in [4.78, 5) is 19.0. The summed E-state index contributed by atoms with van der Waals surface area (Å²) in [5.41, 5.74) is 5.00. The second kappa shape index (κ2) is 5.30. The Hall–Kier alpha value is -1.70. The number of thiol groups is 1. The Morgan fingerprint density at radius 3 is 2.50 bits per heavy atom. The van der Waals surface area contributed by atoms with E-state index in [9.17, 15) is 13.2 Å². The van der Waals surface area contributed by atoms with Gasteiger partial charge < -0.3 is 11.1 Å². The van der Waals surface area contributed by atoms with E-state index >= 15 is 0 Å². The maximum atomic E-state index is 11.2. The Balaban J connectivity index is 3.19. The highest BCUT2D eigenvalue weighted by molar-refractivity contribution is 7.71. The molecule has 0 saturated carbocycles. The second-order valence-electron chi connectivity index (χ2n) is 4.78. The van der Waals surface area contributed by atoms with Crippen LogP contribution in [0.4, 0.5) is 5.82 Å². The number of nitrogens with two attached hydrogens (primary N) is 1. The zero-order valence-corrected chi connectivity index (χ0v) is 11.3. The number of nitrogens with zero attached hydrogens (tertiary/aromatic N) is 2. The minimum absolute atomic E-state index is 0.128. The number of hydrogen-bond acceptors (Lipinski definition) is 6. The fraction of sp³-hybridized carbons (Fsp3) is 0.500. The van der Waals surface area contributed by atoms with Gasteiger partial charge in [0.15, 0.2) is 0 Å². The number of aromatic nitrogens is 2. The van der Waals surface area contributed by atoms with E-state index in [0.717, 1.165) is 0 Å². The van der Waals surface area contributed by atoms with Crippen molar-refractivity contribution in [3.8, 4) is 0 Å². The Morgan fingerprint density at radius 1 is 1.44 bits per heavy atom. The van der Waals surface area contributed by atoms with Crippen molar-refractivity contribution in [1.82, 2.24) is 9.97 Å². The first kappa shape index (κ1) is 14.4. The molecule has 1 rings (SSSR count). The van der Waals surface area contributed by atoms with Crippen molar-refractivity contribution in [3.05, 3.63) is 17.6 Å². The lowest BCUT2D eigenvalue weighted by atomic mass is 10.1. The third kappa shape index (κ3) is 4.28. The Kier molecular flexibility index (Phi) is 4.23. The van der Waals surface area contributed by atoms with Crippen molar-refractivity contribution < 1.29 is 13.2 Å². The smallest absolute Gasteiger partial charge is 0.254 e. The first-order valence-electron chi connectivity index (χ1n) is 5.25. The third-order valence-corrected chi connectivity index (χ3v) is 2.41. The molecule has 8 heteroatoms. The predicted molar refractivity (Wildman–Crippen MR) is 67.9 cm³/mol. The average molecular weight is 272 g/mol. The first-order valence-corrected chi connectivity index (χ1v) is 6.61. The van der Waals surface area contributed by atoms with E-state index in [-0.39, 0.29) is 28.5 Å². The molecule has 7 nitrogen and oxygen atoms in total. The molecule has 0 radical (unpaired) electrons. The zero-order chi connectivity index (χ0) is 13.9. The van der Waals surface area contributed by atoms with E-state index in [1.165, 1.54) is 6.20 Å². The Labute approximate surface area is 107 Å². The summed E-state index contributed by atoms with van der Waals surface area (Å²) >= 11 is 0. The van der Waals surface area contributed by atoms with Gasteiger partial charge in [-0.2, -0.15) is 0 Å². The standard InChI is InChI=1S/C10H16N4O3S/c1-10(2,3)14-9-6(8(11)15)4-12-7(13-9)5-18(16)17/h4,18H,5H2,1-3H3,(H2,11,15)(H,12,13,14). The van der Waals surface area contributed by atoms with Crippen LogP contribution in [-0.2, 0) is 16.5 Å². The fourth-order valence-electron chi connectivity index (χ4n) is 1.24. The highest BCUT2D eigenvalue weighted by Crippen LogP contribution is 2.16. The molecule has 1 heterocycles. The van der Waals surface area contributed by atoms with Gasteiger partial charge in [0.2, 0.25) is 0 Å². The van der Waals surface area contributed by atoms with Crippen LogP contribution < -0.4 is 11.1 Å². The van der Waals surface area contributed by atoms with Crippen LogP contribution in [0, 0.1) is 0 Å². The molecule has 0 unspecified atom stereocenters. The fourth-order valence-corrected chi connectivity index (χ4v) is 1.62. The van der Waals surface area contributed by atoms with E-state index in [0.29, 0.717) is 0 Å². The number of carbonyl (C=O) groups is 1. The molecule has 18 heavy (non-hydrogen) atoms. The molecule has 0 atom stereocenters. The molecule has 0 aliphatic heterocycles. The van der Waals surface area contributed by atoms with Gasteiger partial charge in [-0.05, 0) is 20.8 Å². The molecule has 0 aromatic carbocycles. The lowest BCUT2D eigenvalue weighted by Gasteiger charge is -2.22. The highest BCUT2D eigenvalue weighted by atomic mass is 32.2. The molecular weight excluding hydrogens is 256 g/mol. The molecule has 1 aromatic heterocycles. The molecule has 1 aromatic rings. The monoisotopic (exact) mass is 272 g/mol. The Morgan fingerprint density at radius 2 is 2.06 bits per heavy atom. The van der Waals surface area contributed by atoms with Crippen LogP contribution in [0.5, 0.6) is 0 Å². The van der Waals surface area contributed by atoms with Crippen molar-refractivity contribution in [2.24, 2.45) is 5.73 Å². The number of amides is 1. The second-order valence-corrected chi connectivity index (χ2v) is 5.76. The van der Waals surface area contributed by atoms with Crippen LogP contribution in [0.1, 0.15) is 37.0 Å². The van der Waals surface area contributed by atoms with Crippen LogP contribution in [-0.4, -0.2) is 29.8 Å². The van der Waals surface area contributed by atoms with Gasteiger partial charge in [-0.3, -0.25) is 4.79 Å². The van der Waals surface area contributed by atoms with E-state index in [2.05, 4.69) is 15.3 Å². The summed E-state index contributed by atoms with van der Waals surface area (Å²) in [6.07, 6.45) is 1.23. The quantitative estimate of drug-likeness (QED) is 0.659. The average Bonchev–Trinajstić information content (AvgIpc) is 2.13. The van der Waals surface area contributed by atoms with Gasteiger partial charge in [-0.1, -0.05) is 0 Å². The van der Waals surface area contributed by atoms with Crippen molar-refractivity contribution in [3.63, 3.8) is 0 Å². The third-order valence-electron chi connectivity index (χ3n) is 1.87. The topological polar surface area (TPSA) is 115 Å². The molecule has 0 spiro atoms. The molecule has 1 amide bonds. The molecule has 0 bridgehead atoms. The van der Waals surface area contributed by atoms with Crippen molar-refractivity contribution in [1.29, 1.82) is 0 Å². The molecule has 0 fully saturated rings. The molecular formula is C10H16N4O3S. The normalized spacial score (nSPS) is 11.6. The van der Waals surface area contributed by atoms with Crippen LogP contribution in [0.15, 0.2) is 6.20 Å². The number of primary amides is 1. The van der Waals surface area contributed by atoms with E-state index in [4.69, 9.17) is 5.73 Å².